The van der Waals surface area contributed by atoms with E-state index in [4.69, 9.17) is 14.5 Å². The number of carbonyl (C=O) groups is 1. The summed E-state index contributed by atoms with van der Waals surface area (Å²) >= 11 is 0. The Balaban J connectivity index is 1.20. The van der Waals surface area contributed by atoms with Crippen LogP contribution in [0.25, 0.3) is 22.1 Å². The van der Waals surface area contributed by atoms with Gasteiger partial charge in [0.05, 0.1) is 30.7 Å². The molecule has 11 nitrogen and oxygen atoms in total. The quantitative estimate of drug-likeness (QED) is 0.245. The first-order valence-electron chi connectivity index (χ1n) is 13.4. The molecule has 0 bridgehead atoms. The first-order valence-corrected chi connectivity index (χ1v) is 13.4. The van der Waals surface area contributed by atoms with Crippen LogP contribution in [-0.2, 0) is 11.8 Å². The van der Waals surface area contributed by atoms with Crippen LogP contribution in [0.1, 0.15) is 19.3 Å². The lowest BCUT2D eigenvalue weighted by Gasteiger charge is -2.31. The second-order valence-electron chi connectivity index (χ2n) is 10.0. The number of methoxy groups -OCH3 is 1. The topological polar surface area (TPSA) is 120 Å². The lowest BCUT2D eigenvalue weighted by atomic mass is 9.92. The number of nitrogens with one attached hydrogen (secondary N) is 1. The fourth-order valence-electron chi connectivity index (χ4n) is 5.07. The highest BCUT2D eigenvalue weighted by Crippen LogP contribution is 2.36. The second-order valence-corrected chi connectivity index (χ2v) is 10.0. The third-order valence-electron chi connectivity index (χ3n) is 7.33. The number of hydrogen-bond acceptors (Lipinski definition) is 10. The lowest BCUT2D eigenvalue weighted by molar-refractivity contribution is -0.115. The zero-order valence-corrected chi connectivity index (χ0v) is 22.9. The highest BCUT2D eigenvalue weighted by molar-refractivity contribution is 5.89. The molecule has 0 saturated carbocycles. The Labute approximate surface area is 236 Å². The summed E-state index contributed by atoms with van der Waals surface area (Å²) in [6.07, 6.45) is 8.74. The van der Waals surface area contributed by atoms with Gasteiger partial charge in [0, 0.05) is 44.4 Å². The van der Waals surface area contributed by atoms with Gasteiger partial charge in [0.15, 0.2) is 23.1 Å². The number of carbonyl (C=O) groups excluding carboxylic acids is 1. The molecule has 4 heterocycles. The summed E-state index contributed by atoms with van der Waals surface area (Å²) in [4.78, 5) is 36.5. The molecule has 5 aromatic rings. The van der Waals surface area contributed by atoms with Gasteiger partial charge < -0.3 is 24.3 Å². The predicted octanol–water partition coefficient (Wildman–Crippen LogP) is 5.21. The molecular formula is C30H30N8O3. The molecule has 0 unspecified atom stereocenters. The molecule has 1 aliphatic heterocycles. The SMILES string of the molecule is C=CC(=O)CC1CCN(c2ncc3ncnc(Nc4ccc(Oc5ccc6c(c5)ncn6C)c(OC)c4)c3n2)CC1. The molecule has 0 amide bonds. The molecule has 1 saturated heterocycles. The molecule has 1 aliphatic rings. The van der Waals surface area contributed by atoms with Crippen molar-refractivity contribution in [3.63, 3.8) is 0 Å². The van der Waals surface area contributed by atoms with Crippen LogP contribution in [0.2, 0.25) is 0 Å². The summed E-state index contributed by atoms with van der Waals surface area (Å²) in [6, 6.07) is 11.4. The maximum atomic E-state index is 11.8. The van der Waals surface area contributed by atoms with E-state index in [2.05, 4.69) is 36.7 Å². The zero-order chi connectivity index (χ0) is 28.3. The molecule has 41 heavy (non-hydrogen) atoms. The monoisotopic (exact) mass is 550 g/mol. The number of anilines is 3. The average Bonchev–Trinajstić information content (AvgIpc) is 3.37. The van der Waals surface area contributed by atoms with Crippen LogP contribution in [0.4, 0.5) is 17.5 Å². The smallest absolute Gasteiger partial charge is 0.226 e. The minimum absolute atomic E-state index is 0.0977. The first kappa shape index (κ1) is 26.2. The van der Waals surface area contributed by atoms with Gasteiger partial charge in [-0.3, -0.25) is 4.79 Å². The van der Waals surface area contributed by atoms with Gasteiger partial charge in [-0.2, -0.15) is 0 Å². The van der Waals surface area contributed by atoms with Gasteiger partial charge in [-0.15, -0.1) is 0 Å². The number of aromatic nitrogens is 6. The normalized spacial score (nSPS) is 13.9. The van der Waals surface area contributed by atoms with Crippen molar-refractivity contribution in [3.8, 4) is 17.2 Å². The number of imidazole rings is 1. The number of benzene rings is 2. The van der Waals surface area contributed by atoms with Gasteiger partial charge in [-0.05, 0) is 49.1 Å². The average molecular weight is 551 g/mol. The van der Waals surface area contributed by atoms with Crippen molar-refractivity contribution in [2.24, 2.45) is 13.0 Å². The summed E-state index contributed by atoms with van der Waals surface area (Å²) in [5.74, 6) is 3.43. The third kappa shape index (κ3) is 5.51. The molecule has 0 atom stereocenters. The van der Waals surface area contributed by atoms with Gasteiger partial charge in [-0.25, -0.2) is 24.9 Å². The predicted molar refractivity (Wildman–Crippen MR) is 157 cm³/mol. The van der Waals surface area contributed by atoms with E-state index in [1.807, 2.05) is 48.0 Å². The van der Waals surface area contributed by atoms with Crippen molar-refractivity contribution in [1.82, 2.24) is 29.5 Å². The van der Waals surface area contributed by atoms with Crippen molar-refractivity contribution in [2.45, 2.75) is 19.3 Å². The molecule has 3 aromatic heterocycles. The van der Waals surface area contributed by atoms with Gasteiger partial charge >= 0.3 is 0 Å². The van der Waals surface area contributed by atoms with Crippen molar-refractivity contribution < 1.29 is 14.3 Å². The van der Waals surface area contributed by atoms with Crippen LogP contribution >= 0.6 is 0 Å². The Morgan fingerprint density at radius 1 is 1.07 bits per heavy atom. The molecule has 2 aromatic carbocycles. The van der Waals surface area contributed by atoms with Crippen LogP contribution in [0.15, 0.2) is 67.9 Å². The van der Waals surface area contributed by atoms with E-state index in [9.17, 15) is 4.79 Å². The number of aryl methyl sites for hydroxylation is 1. The van der Waals surface area contributed by atoms with Gasteiger partial charge in [0.1, 0.15) is 23.1 Å². The van der Waals surface area contributed by atoms with Gasteiger partial charge in [0.2, 0.25) is 5.95 Å². The van der Waals surface area contributed by atoms with E-state index in [1.165, 1.54) is 12.4 Å². The summed E-state index contributed by atoms with van der Waals surface area (Å²) in [6.45, 7) is 5.14. The van der Waals surface area contributed by atoms with Crippen molar-refractivity contribution >= 4 is 45.3 Å². The first-order chi connectivity index (χ1) is 20.0. The highest BCUT2D eigenvalue weighted by Gasteiger charge is 2.23. The summed E-state index contributed by atoms with van der Waals surface area (Å²) in [5, 5.41) is 3.35. The van der Waals surface area contributed by atoms with E-state index in [0.29, 0.717) is 52.4 Å². The molecule has 6 rings (SSSR count). The van der Waals surface area contributed by atoms with Crippen LogP contribution < -0.4 is 19.7 Å². The van der Waals surface area contributed by atoms with Crippen LogP contribution in [0.3, 0.4) is 0 Å². The van der Waals surface area contributed by atoms with Gasteiger partial charge in [-0.1, -0.05) is 6.58 Å². The van der Waals surface area contributed by atoms with Crippen LogP contribution in [0.5, 0.6) is 17.2 Å². The number of ether oxygens (including phenoxy) is 2. The number of fused-ring (bicyclic) bond motifs is 2. The maximum Gasteiger partial charge on any atom is 0.226 e. The molecule has 208 valence electrons. The number of nitrogens with zero attached hydrogens (tertiary/aromatic N) is 7. The van der Waals surface area contributed by atoms with Crippen LogP contribution in [-0.4, -0.2) is 55.5 Å². The van der Waals surface area contributed by atoms with Crippen molar-refractivity contribution in [2.75, 3.05) is 30.4 Å². The Morgan fingerprint density at radius 3 is 2.73 bits per heavy atom. The molecule has 11 heteroatoms. The number of ketones is 1. The van der Waals surface area contributed by atoms with Crippen LogP contribution in [0, 0.1) is 5.92 Å². The molecule has 1 fully saturated rings. The van der Waals surface area contributed by atoms with Crippen molar-refractivity contribution in [3.05, 3.63) is 67.9 Å². The Hall–Kier alpha value is -5.06. The second kappa shape index (κ2) is 11.2. The zero-order valence-electron chi connectivity index (χ0n) is 22.9. The number of piperidine rings is 1. The summed E-state index contributed by atoms with van der Waals surface area (Å²) < 4.78 is 13.7. The Morgan fingerprint density at radius 2 is 1.93 bits per heavy atom. The standard InChI is InChI=1S/C30H30N8O3/c1-4-21(39)13-19-9-11-38(12-10-19)30-31-16-24-28(36-30)29(33-17-32-24)35-20-5-8-26(27(14-20)40-3)41-22-6-7-25-23(15-22)34-18-37(25)2/h4-8,14-19H,1,9-13H2,2-3H3,(H,32,33,35). The highest BCUT2D eigenvalue weighted by atomic mass is 16.5. The van der Waals surface area contributed by atoms with E-state index in [1.54, 1.807) is 19.6 Å². The van der Waals surface area contributed by atoms with E-state index >= 15 is 0 Å². The molecular weight excluding hydrogens is 520 g/mol. The molecule has 0 radical (unpaired) electrons. The fourth-order valence-corrected chi connectivity index (χ4v) is 5.07. The number of rotatable bonds is 9. The summed E-state index contributed by atoms with van der Waals surface area (Å²) in [7, 11) is 3.56. The van der Waals surface area contributed by atoms with E-state index < -0.39 is 0 Å². The lowest BCUT2D eigenvalue weighted by Crippen LogP contribution is -2.35. The minimum Gasteiger partial charge on any atom is -0.493 e. The fraction of sp³-hybridized carbons (Fsp3) is 0.267. The minimum atomic E-state index is 0.0977. The molecule has 1 N–H and O–H groups in total. The molecule has 0 aliphatic carbocycles. The third-order valence-corrected chi connectivity index (χ3v) is 7.33. The van der Waals surface area contributed by atoms with Crippen molar-refractivity contribution in [1.29, 1.82) is 0 Å². The Bertz CT molecular complexity index is 1740. The van der Waals surface area contributed by atoms with E-state index in [0.717, 1.165) is 42.7 Å². The van der Waals surface area contributed by atoms with Gasteiger partial charge in [0.25, 0.3) is 0 Å². The molecule has 0 spiro atoms. The largest absolute Gasteiger partial charge is 0.493 e. The Kier molecular flexibility index (Phi) is 7.15. The number of allylic oxidation sites excluding steroid dienone is 1. The summed E-state index contributed by atoms with van der Waals surface area (Å²) in [5.41, 5.74) is 3.88. The maximum absolute atomic E-state index is 11.8. The number of hydrogen-bond donors (Lipinski definition) is 1. The van der Waals surface area contributed by atoms with E-state index in [-0.39, 0.29) is 5.78 Å².